The number of anilines is 1. The minimum Gasteiger partial charge on any atom is -0.454 e. The third-order valence-electron chi connectivity index (χ3n) is 4.58. The Balaban J connectivity index is 1.55. The Morgan fingerprint density at radius 3 is 2.66 bits per heavy atom. The number of halogens is 3. The van der Waals surface area contributed by atoms with E-state index in [0.717, 1.165) is 17.7 Å². The summed E-state index contributed by atoms with van der Waals surface area (Å²) in [5.41, 5.74) is 1.38. The number of hydrogen-bond donors (Lipinski definition) is 1. The number of alkyl halides is 3. The average Bonchev–Trinajstić information content (AvgIpc) is 3.11. The molecule has 144 valence electrons. The normalized spacial score (nSPS) is 13.3. The summed E-state index contributed by atoms with van der Waals surface area (Å²) in [5.74, 6) is -0.177. The third kappa shape index (κ3) is 2.96. The van der Waals surface area contributed by atoms with Crippen molar-refractivity contribution in [2.24, 2.45) is 0 Å². The largest absolute Gasteiger partial charge is 0.454 e. The molecule has 0 saturated carbocycles. The van der Waals surface area contributed by atoms with Crippen molar-refractivity contribution in [2.45, 2.75) is 6.18 Å². The molecule has 1 aliphatic heterocycles. The molecule has 0 aliphatic carbocycles. The van der Waals surface area contributed by atoms with Gasteiger partial charge < -0.3 is 10.1 Å². The van der Waals surface area contributed by atoms with Gasteiger partial charge in [0.05, 0.1) is 23.0 Å². The van der Waals surface area contributed by atoms with Gasteiger partial charge in [0.2, 0.25) is 0 Å². The highest BCUT2D eigenvalue weighted by atomic mass is 19.4. The molecular weight excluding hydrogens is 385 g/mol. The zero-order chi connectivity index (χ0) is 20.2. The molecule has 0 radical (unpaired) electrons. The van der Waals surface area contributed by atoms with Gasteiger partial charge >= 0.3 is 6.18 Å². The predicted molar refractivity (Wildman–Crippen MR) is 97.9 cm³/mol. The minimum absolute atomic E-state index is 0.0396. The van der Waals surface area contributed by atoms with E-state index in [1.807, 2.05) is 0 Å². The number of ether oxygens (including phenoxy) is 1. The lowest BCUT2D eigenvalue weighted by Gasteiger charge is -2.11. The third-order valence-corrected chi connectivity index (χ3v) is 4.58. The summed E-state index contributed by atoms with van der Waals surface area (Å²) in [6, 6.07) is 9.67. The number of benzene rings is 2. The summed E-state index contributed by atoms with van der Waals surface area (Å²) < 4.78 is 46.3. The molecule has 0 atom stereocenters. The SMILES string of the molecule is O=C1Nc2cc(C(F)(F)F)ccc2Oc2ccc(-c3cnc4ccnn4c3)cc21. The lowest BCUT2D eigenvalue weighted by Crippen LogP contribution is -2.12. The number of carbonyl (C=O) groups excluding carboxylic acids is 1. The van der Waals surface area contributed by atoms with Gasteiger partial charge in [-0.3, -0.25) is 4.79 Å². The number of nitrogens with zero attached hydrogens (tertiary/aromatic N) is 3. The van der Waals surface area contributed by atoms with Gasteiger partial charge in [-0.05, 0) is 35.9 Å². The fourth-order valence-electron chi connectivity index (χ4n) is 3.14. The van der Waals surface area contributed by atoms with E-state index >= 15 is 0 Å². The van der Waals surface area contributed by atoms with Crippen LogP contribution in [0.25, 0.3) is 16.8 Å². The van der Waals surface area contributed by atoms with Gasteiger partial charge in [-0.1, -0.05) is 6.07 Å². The van der Waals surface area contributed by atoms with Crippen molar-refractivity contribution in [3.8, 4) is 22.6 Å². The van der Waals surface area contributed by atoms with E-state index < -0.39 is 17.6 Å². The zero-order valence-electron chi connectivity index (χ0n) is 14.6. The van der Waals surface area contributed by atoms with Gasteiger partial charge in [0.1, 0.15) is 5.75 Å². The number of aromatic nitrogens is 3. The molecule has 2 aromatic carbocycles. The van der Waals surface area contributed by atoms with Crippen molar-refractivity contribution in [3.05, 3.63) is 72.2 Å². The molecule has 0 saturated heterocycles. The Kier molecular flexibility index (Phi) is 3.60. The standard InChI is InChI=1S/C20H11F3N4O2/c21-20(22,23)13-2-4-17-15(8-13)26-19(28)14-7-11(1-3-16(14)29-17)12-9-24-18-5-6-25-27(18)10-12/h1-10H,(H,26,28). The van der Waals surface area contributed by atoms with Crippen LogP contribution in [0.15, 0.2) is 61.1 Å². The van der Waals surface area contributed by atoms with Crippen LogP contribution in [0.4, 0.5) is 18.9 Å². The topological polar surface area (TPSA) is 68.5 Å². The van der Waals surface area contributed by atoms with Crippen molar-refractivity contribution in [1.82, 2.24) is 14.6 Å². The molecule has 1 amide bonds. The second kappa shape index (κ2) is 6.06. The maximum absolute atomic E-state index is 13.0. The number of carbonyl (C=O) groups is 1. The van der Waals surface area contributed by atoms with Crippen LogP contribution < -0.4 is 10.1 Å². The Labute approximate surface area is 161 Å². The smallest absolute Gasteiger partial charge is 0.416 e. The van der Waals surface area contributed by atoms with Crippen molar-refractivity contribution >= 4 is 17.2 Å². The van der Waals surface area contributed by atoms with E-state index in [4.69, 9.17) is 4.74 Å². The Morgan fingerprint density at radius 2 is 1.83 bits per heavy atom. The highest BCUT2D eigenvalue weighted by Gasteiger charge is 2.32. The summed E-state index contributed by atoms with van der Waals surface area (Å²) in [4.78, 5) is 17.0. The summed E-state index contributed by atoms with van der Waals surface area (Å²) in [5, 5.41) is 6.63. The Bertz CT molecular complexity index is 1280. The van der Waals surface area contributed by atoms with Crippen LogP contribution in [-0.4, -0.2) is 20.5 Å². The molecule has 4 aromatic rings. The number of amides is 1. The summed E-state index contributed by atoms with van der Waals surface area (Å²) in [6.45, 7) is 0. The van der Waals surface area contributed by atoms with Crippen molar-refractivity contribution in [2.75, 3.05) is 5.32 Å². The van der Waals surface area contributed by atoms with Gasteiger partial charge in [-0.2, -0.15) is 18.3 Å². The molecule has 6 nitrogen and oxygen atoms in total. The van der Waals surface area contributed by atoms with Crippen LogP contribution in [0.5, 0.6) is 11.5 Å². The van der Waals surface area contributed by atoms with Gasteiger partial charge in [0, 0.05) is 24.0 Å². The Morgan fingerprint density at radius 1 is 1.00 bits per heavy atom. The molecule has 5 rings (SSSR count). The quantitative estimate of drug-likeness (QED) is 0.503. The first-order chi connectivity index (χ1) is 13.9. The minimum atomic E-state index is -4.52. The lowest BCUT2D eigenvalue weighted by atomic mass is 10.0. The molecule has 0 bridgehead atoms. The average molecular weight is 396 g/mol. The first-order valence-electron chi connectivity index (χ1n) is 8.53. The summed E-state index contributed by atoms with van der Waals surface area (Å²) in [7, 11) is 0. The van der Waals surface area contributed by atoms with E-state index in [1.165, 1.54) is 6.07 Å². The summed E-state index contributed by atoms with van der Waals surface area (Å²) >= 11 is 0. The van der Waals surface area contributed by atoms with E-state index in [0.29, 0.717) is 11.2 Å². The van der Waals surface area contributed by atoms with Gasteiger partial charge in [-0.15, -0.1) is 0 Å². The fourth-order valence-corrected chi connectivity index (χ4v) is 3.14. The molecule has 9 heteroatoms. The van der Waals surface area contributed by atoms with Crippen molar-refractivity contribution in [1.29, 1.82) is 0 Å². The first-order valence-corrected chi connectivity index (χ1v) is 8.53. The van der Waals surface area contributed by atoms with Crippen molar-refractivity contribution in [3.63, 3.8) is 0 Å². The fraction of sp³-hybridized carbons (Fsp3) is 0.0500. The summed E-state index contributed by atoms with van der Waals surface area (Å²) in [6.07, 6.45) is 0.517. The molecule has 2 aromatic heterocycles. The highest BCUT2D eigenvalue weighted by molar-refractivity contribution is 6.08. The maximum atomic E-state index is 13.0. The first kappa shape index (κ1) is 17.2. The van der Waals surface area contributed by atoms with Crippen LogP contribution in [0.2, 0.25) is 0 Å². The Hall–Kier alpha value is -3.88. The van der Waals surface area contributed by atoms with Crippen LogP contribution in [-0.2, 0) is 6.18 Å². The van der Waals surface area contributed by atoms with Crippen LogP contribution in [0.3, 0.4) is 0 Å². The monoisotopic (exact) mass is 396 g/mol. The molecule has 1 aliphatic rings. The van der Waals surface area contributed by atoms with Gasteiger partial charge in [-0.25, -0.2) is 9.50 Å². The number of hydrogen-bond acceptors (Lipinski definition) is 4. The van der Waals surface area contributed by atoms with Crippen LogP contribution in [0, 0.1) is 0 Å². The number of nitrogens with one attached hydrogen (secondary N) is 1. The predicted octanol–water partition coefficient (Wildman–Crippen LogP) is 4.77. The van der Waals surface area contributed by atoms with Crippen molar-refractivity contribution < 1.29 is 22.7 Å². The van der Waals surface area contributed by atoms with E-state index in [2.05, 4.69) is 15.4 Å². The second-order valence-corrected chi connectivity index (χ2v) is 6.45. The van der Waals surface area contributed by atoms with E-state index in [9.17, 15) is 18.0 Å². The second-order valence-electron chi connectivity index (χ2n) is 6.45. The number of fused-ring (bicyclic) bond motifs is 3. The number of rotatable bonds is 1. The van der Waals surface area contributed by atoms with Crippen LogP contribution >= 0.6 is 0 Å². The van der Waals surface area contributed by atoms with Gasteiger partial charge in [0.25, 0.3) is 5.91 Å². The molecule has 0 fully saturated rings. The van der Waals surface area contributed by atoms with E-state index in [-0.39, 0.29) is 22.7 Å². The molecule has 0 unspecified atom stereocenters. The molecule has 0 spiro atoms. The van der Waals surface area contributed by atoms with Crippen LogP contribution in [0.1, 0.15) is 15.9 Å². The maximum Gasteiger partial charge on any atom is 0.416 e. The molecular formula is C20H11F3N4O2. The van der Waals surface area contributed by atoms with Gasteiger partial charge in [0.15, 0.2) is 11.4 Å². The molecule has 1 N–H and O–H groups in total. The lowest BCUT2D eigenvalue weighted by molar-refractivity contribution is -0.137. The molecule has 29 heavy (non-hydrogen) atoms. The highest BCUT2D eigenvalue weighted by Crippen LogP contribution is 2.40. The van der Waals surface area contributed by atoms with E-state index in [1.54, 1.807) is 47.4 Å². The molecule has 3 heterocycles. The zero-order valence-corrected chi connectivity index (χ0v) is 14.6.